The summed E-state index contributed by atoms with van der Waals surface area (Å²) in [5, 5.41) is 0. The predicted molar refractivity (Wildman–Crippen MR) is 91.6 cm³/mol. The quantitative estimate of drug-likeness (QED) is 0.825. The molecule has 0 spiro atoms. The Balaban J connectivity index is 1.51. The van der Waals surface area contributed by atoms with E-state index in [4.69, 9.17) is 4.42 Å². The van der Waals surface area contributed by atoms with Crippen molar-refractivity contribution in [3.05, 3.63) is 41.3 Å². The number of halogens is 3. The summed E-state index contributed by atoms with van der Waals surface area (Å²) in [5.74, 6) is 0.925. The van der Waals surface area contributed by atoms with E-state index < -0.39 is 11.7 Å². The summed E-state index contributed by atoms with van der Waals surface area (Å²) in [6.45, 7) is 6.78. The highest BCUT2D eigenvalue weighted by Crippen LogP contribution is 2.32. The first-order chi connectivity index (χ1) is 12.4. The summed E-state index contributed by atoms with van der Waals surface area (Å²) in [5.41, 5.74) is 0.475. The summed E-state index contributed by atoms with van der Waals surface area (Å²) < 4.78 is 44.4. The molecule has 0 bridgehead atoms. The van der Waals surface area contributed by atoms with Gasteiger partial charge in [0.25, 0.3) is 0 Å². The normalized spacial score (nSPS) is 21.9. The molecule has 0 saturated carbocycles. The minimum absolute atomic E-state index is 0.253. The maximum atomic E-state index is 12.9. The summed E-state index contributed by atoms with van der Waals surface area (Å²) in [6, 6.07) is 5.75. The van der Waals surface area contributed by atoms with Crippen molar-refractivity contribution in [2.45, 2.75) is 38.5 Å². The second-order valence-electron chi connectivity index (χ2n) is 7.17. The summed E-state index contributed by atoms with van der Waals surface area (Å²) >= 11 is 0. The molecular formula is C19H22F3N3O. The first-order valence-corrected chi connectivity index (χ1v) is 9.00. The van der Waals surface area contributed by atoms with Gasteiger partial charge in [0.15, 0.2) is 0 Å². The van der Waals surface area contributed by atoms with Crippen LogP contribution in [0.5, 0.6) is 0 Å². The highest BCUT2D eigenvalue weighted by atomic mass is 19.4. The second kappa shape index (κ2) is 6.70. The van der Waals surface area contributed by atoms with Crippen LogP contribution in [0.1, 0.15) is 29.9 Å². The Morgan fingerprint density at radius 3 is 2.88 bits per heavy atom. The molecule has 0 unspecified atom stereocenters. The molecule has 7 heteroatoms. The van der Waals surface area contributed by atoms with E-state index in [0.29, 0.717) is 23.9 Å². The molecule has 1 aromatic carbocycles. The third kappa shape index (κ3) is 3.50. The van der Waals surface area contributed by atoms with Crippen LogP contribution in [-0.2, 0) is 12.7 Å². The average molecular weight is 365 g/mol. The van der Waals surface area contributed by atoms with Crippen LogP contribution in [0, 0.1) is 6.92 Å². The lowest BCUT2D eigenvalue weighted by molar-refractivity contribution is -0.137. The number of aromatic nitrogens is 1. The van der Waals surface area contributed by atoms with E-state index in [1.54, 1.807) is 6.07 Å². The molecule has 1 atom stereocenters. The molecule has 4 rings (SSSR count). The predicted octanol–water partition coefficient (Wildman–Crippen LogP) is 3.95. The number of hydrogen-bond donors (Lipinski definition) is 0. The van der Waals surface area contributed by atoms with Crippen LogP contribution in [-0.4, -0.2) is 47.0 Å². The molecule has 2 saturated heterocycles. The van der Waals surface area contributed by atoms with Crippen LogP contribution in [0.2, 0.25) is 0 Å². The van der Waals surface area contributed by atoms with E-state index in [9.17, 15) is 13.2 Å². The van der Waals surface area contributed by atoms with Gasteiger partial charge in [-0.1, -0.05) is 6.07 Å². The molecule has 2 aliphatic rings. The molecule has 1 aromatic heterocycles. The third-order valence-electron chi connectivity index (χ3n) is 5.37. The number of fused-ring (bicyclic) bond motifs is 1. The smallest absolute Gasteiger partial charge is 0.416 e. The zero-order chi connectivity index (χ0) is 18.3. The Kier molecular flexibility index (Phi) is 4.52. The topological polar surface area (TPSA) is 32.5 Å². The largest absolute Gasteiger partial charge is 0.441 e. The molecule has 0 radical (unpaired) electrons. The van der Waals surface area contributed by atoms with E-state index in [0.717, 1.165) is 37.5 Å². The molecule has 2 fully saturated rings. The number of hydrogen-bond acceptors (Lipinski definition) is 4. The molecule has 2 aliphatic heterocycles. The number of oxazole rings is 1. The molecule has 26 heavy (non-hydrogen) atoms. The molecule has 3 heterocycles. The lowest BCUT2D eigenvalue weighted by atomic mass is 10.1. The number of benzene rings is 1. The number of piperazine rings is 1. The van der Waals surface area contributed by atoms with Crippen molar-refractivity contribution in [2.75, 3.05) is 26.2 Å². The standard InChI is InChI=1S/C19H22F3N3O/c1-13-17(12-24-8-9-25-7-3-6-16(25)11-24)23-18(26-13)14-4-2-5-15(10-14)19(20,21)22/h2,4-5,10,16H,3,6-9,11-12H2,1H3/t16-/m0/s1. The van der Waals surface area contributed by atoms with Crippen molar-refractivity contribution < 1.29 is 17.6 Å². The molecule has 0 N–H and O–H groups in total. The summed E-state index contributed by atoms with van der Waals surface area (Å²) in [4.78, 5) is 9.40. The number of aryl methyl sites for hydroxylation is 1. The van der Waals surface area contributed by atoms with Crippen molar-refractivity contribution in [3.8, 4) is 11.5 Å². The van der Waals surface area contributed by atoms with Gasteiger partial charge in [0.05, 0.1) is 11.3 Å². The molecule has 140 valence electrons. The zero-order valence-electron chi connectivity index (χ0n) is 14.7. The highest BCUT2D eigenvalue weighted by molar-refractivity contribution is 5.55. The number of nitrogens with zero attached hydrogens (tertiary/aromatic N) is 3. The maximum absolute atomic E-state index is 12.9. The summed E-state index contributed by atoms with van der Waals surface area (Å²) in [6.07, 6.45) is -1.87. The second-order valence-corrected chi connectivity index (χ2v) is 7.17. The maximum Gasteiger partial charge on any atom is 0.416 e. The number of alkyl halides is 3. The van der Waals surface area contributed by atoms with Crippen molar-refractivity contribution >= 4 is 0 Å². The first-order valence-electron chi connectivity index (χ1n) is 9.00. The fourth-order valence-electron chi connectivity index (χ4n) is 3.94. The zero-order valence-corrected chi connectivity index (χ0v) is 14.7. The van der Waals surface area contributed by atoms with E-state index in [-0.39, 0.29) is 5.89 Å². The van der Waals surface area contributed by atoms with Crippen LogP contribution in [0.3, 0.4) is 0 Å². The first kappa shape index (κ1) is 17.5. The molecule has 0 aliphatic carbocycles. The van der Waals surface area contributed by atoms with E-state index in [2.05, 4.69) is 14.8 Å². The van der Waals surface area contributed by atoms with Gasteiger partial charge in [0, 0.05) is 37.8 Å². The van der Waals surface area contributed by atoms with Crippen molar-refractivity contribution in [1.29, 1.82) is 0 Å². The monoisotopic (exact) mass is 365 g/mol. The van der Waals surface area contributed by atoms with Gasteiger partial charge in [-0.2, -0.15) is 13.2 Å². The van der Waals surface area contributed by atoms with Crippen molar-refractivity contribution in [2.24, 2.45) is 0 Å². The molecule has 2 aromatic rings. The highest BCUT2D eigenvalue weighted by Gasteiger charge is 2.32. The van der Waals surface area contributed by atoms with Gasteiger partial charge in [-0.3, -0.25) is 9.80 Å². The molecule has 0 amide bonds. The fourth-order valence-corrected chi connectivity index (χ4v) is 3.94. The minimum Gasteiger partial charge on any atom is -0.441 e. The lowest BCUT2D eigenvalue weighted by Gasteiger charge is -2.37. The Bertz CT molecular complexity index is 787. The Morgan fingerprint density at radius 2 is 2.08 bits per heavy atom. The van der Waals surface area contributed by atoms with E-state index in [1.807, 2.05) is 6.92 Å². The minimum atomic E-state index is -4.37. The Labute approximate surface area is 150 Å². The number of rotatable bonds is 3. The molecule has 4 nitrogen and oxygen atoms in total. The van der Waals surface area contributed by atoms with Gasteiger partial charge in [0.1, 0.15) is 5.76 Å². The van der Waals surface area contributed by atoms with Gasteiger partial charge in [-0.05, 0) is 44.5 Å². The van der Waals surface area contributed by atoms with Gasteiger partial charge in [-0.25, -0.2) is 4.98 Å². The fraction of sp³-hybridized carbons (Fsp3) is 0.526. The Morgan fingerprint density at radius 1 is 1.23 bits per heavy atom. The SMILES string of the molecule is Cc1oc(-c2cccc(C(F)(F)F)c2)nc1CN1CCN2CCC[C@H]2C1. The van der Waals surface area contributed by atoms with Gasteiger partial charge < -0.3 is 4.42 Å². The lowest BCUT2D eigenvalue weighted by Crippen LogP contribution is -2.49. The molecular weight excluding hydrogens is 343 g/mol. The average Bonchev–Trinajstić information content (AvgIpc) is 3.21. The van der Waals surface area contributed by atoms with Gasteiger partial charge in [0.2, 0.25) is 5.89 Å². The van der Waals surface area contributed by atoms with Gasteiger partial charge >= 0.3 is 6.18 Å². The van der Waals surface area contributed by atoms with Crippen molar-refractivity contribution in [3.63, 3.8) is 0 Å². The Hall–Kier alpha value is -1.86. The van der Waals surface area contributed by atoms with E-state index in [1.165, 1.54) is 25.5 Å². The third-order valence-corrected chi connectivity index (χ3v) is 5.37. The van der Waals surface area contributed by atoms with Crippen molar-refractivity contribution in [1.82, 2.24) is 14.8 Å². The van der Waals surface area contributed by atoms with Crippen LogP contribution in [0.4, 0.5) is 13.2 Å². The summed E-state index contributed by atoms with van der Waals surface area (Å²) in [7, 11) is 0. The van der Waals surface area contributed by atoms with Crippen LogP contribution in [0.15, 0.2) is 28.7 Å². The van der Waals surface area contributed by atoms with Gasteiger partial charge in [-0.15, -0.1) is 0 Å². The van der Waals surface area contributed by atoms with Crippen LogP contribution in [0.25, 0.3) is 11.5 Å². The van der Waals surface area contributed by atoms with Crippen LogP contribution >= 0.6 is 0 Å². The van der Waals surface area contributed by atoms with E-state index >= 15 is 0 Å². The van der Waals surface area contributed by atoms with Crippen LogP contribution < -0.4 is 0 Å².